The molecule has 0 aliphatic carbocycles. The molecule has 0 saturated heterocycles. The first kappa shape index (κ1) is 12.3. The molecule has 0 spiro atoms. The summed E-state index contributed by atoms with van der Waals surface area (Å²) in [6.45, 7) is 1.94. The van der Waals surface area contributed by atoms with E-state index in [0.29, 0.717) is 0 Å². The summed E-state index contributed by atoms with van der Waals surface area (Å²) < 4.78 is 1.97. The van der Waals surface area contributed by atoms with E-state index in [1.165, 1.54) is 5.56 Å². The lowest BCUT2D eigenvalue weighted by Gasteiger charge is -2.10. The molecule has 4 nitrogen and oxygen atoms in total. The lowest BCUT2D eigenvalue weighted by atomic mass is 10.1. The van der Waals surface area contributed by atoms with Crippen LogP contribution in [0.25, 0.3) is 5.65 Å². The van der Waals surface area contributed by atoms with Gasteiger partial charge in [-0.25, -0.2) is 0 Å². The second-order valence-corrected chi connectivity index (χ2v) is 5.50. The van der Waals surface area contributed by atoms with Crippen molar-refractivity contribution in [2.24, 2.45) is 0 Å². The van der Waals surface area contributed by atoms with Crippen LogP contribution in [0.15, 0.2) is 42.7 Å². The Morgan fingerprint density at radius 3 is 2.79 bits per heavy atom. The van der Waals surface area contributed by atoms with Crippen molar-refractivity contribution in [3.63, 3.8) is 0 Å². The highest BCUT2D eigenvalue weighted by Gasteiger charge is 2.13. The first-order valence-electron chi connectivity index (χ1n) is 6.10. The van der Waals surface area contributed by atoms with Crippen molar-refractivity contribution >= 4 is 21.6 Å². The molecule has 0 aliphatic rings. The van der Waals surface area contributed by atoms with Gasteiger partial charge in [-0.05, 0) is 12.5 Å². The van der Waals surface area contributed by atoms with Gasteiger partial charge in [0.2, 0.25) is 0 Å². The summed E-state index contributed by atoms with van der Waals surface area (Å²) in [7, 11) is 0. The van der Waals surface area contributed by atoms with Gasteiger partial charge in [0.25, 0.3) is 0 Å². The molecule has 0 aliphatic heterocycles. The third-order valence-electron chi connectivity index (χ3n) is 3.10. The van der Waals surface area contributed by atoms with Crippen LogP contribution in [0.2, 0.25) is 0 Å². The minimum Gasteiger partial charge on any atom is -0.284 e. The van der Waals surface area contributed by atoms with E-state index in [2.05, 4.69) is 43.2 Å². The standard InChI is InChI=1S/C14H13BrN4/c1-10-17-18-14-13(16-7-8-19(10)14)9-12(15)11-5-3-2-4-6-11/h2-8,12H,9H2,1H3. The highest BCUT2D eigenvalue weighted by molar-refractivity contribution is 9.09. The van der Waals surface area contributed by atoms with E-state index in [1.54, 1.807) is 6.20 Å². The molecule has 2 heterocycles. The fraction of sp³-hybridized carbons (Fsp3) is 0.214. The molecule has 3 aromatic rings. The molecule has 1 aromatic carbocycles. The van der Waals surface area contributed by atoms with Gasteiger partial charge in [0.05, 0.1) is 5.69 Å². The Balaban J connectivity index is 1.93. The molecule has 0 N–H and O–H groups in total. The monoisotopic (exact) mass is 316 g/mol. The van der Waals surface area contributed by atoms with Crippen LogP contribution in [0.5, 0.6) is 0 Å². The largest absolute Gasteiger partial charge is 0.284 e. The fourth-order valence-corrected chi connectivity index (χ4v) is 2.70. The first-order valence-corrected chi connectivity index (χ1v) is 7.01. The molecule has 96 valence electrons. The summed E-state index contributed by atoms with van der Waals surface area (Å²) >= 11 is 3.72. The van der Waals surface area contributed by atoms with Crippen LogP contribution >= 0.6 is 15.9 Å². The Hall–Kier alpha value is -1.75. The van der Waals surface area contributed by atoms with Crippen LogP contribution in [0.1, 0.15) is 21.9 Å². The number of hydrogen-bond donors (Lipinski definition) is 0. The zero-order valence-electron chi connectivity index (χ0n) is 10.5. The topological polar surface area (TPSA) is 43.1 Å². The van der Waals surface area contributed by atoms with Crippen molar-refractivity contribution in [1.82, 2.24) is 19.6 Å². The lowest BCUT2D eigenvalue weighted by molar-refractivity contribution is 0.890. The number of fused-ring (bicyclic) bond motifs is 1. The normalized spacial score (nSPS) is 12.7. The summed E-state index contributed by atoms with van der Waals surface area (Å²) in [6.07, 6.45) is 4.47. The van der Waals surface area contributed by atoms with Gasteiger partial charge < -0.3 is 0 Å². The number of aryl methyl sites for hydroxylation is 1. The molecule has 0 bridgehead atoms. The number of rotatable bonds is 3. The molecule has 1 atom stereocenters. The third kappa shape index (κ3) is 2.38. The predicted molar refractivity (Wildman–Crippen MR) is 77.3 cm³/mol. The molecule has 0 saturated carbocycles. The molecule has 3 rings (SSSR count). The van der Waals surface area contributed by atoms with Crippen molar-refractivity contribution in [3.05, 3.63) is 59.8 Å². The van der Waals surface area contributed by atoms with Gasteiger partial charge in [-0.15, -0.1) is 10.2 Å². The molecular weight excluding hydrogens is 304 g/mol. The SMILES string of the molecule is Cc1nnc2c(CC(Br)c3ccccc3)nccn12. The van der Waals surface area contributed by atoms with E-state index in [9.17, 15) is 0 Å². The van der Waals surface area contributed by atoms with E-state index < -0.39 is 0 Å². The first-order chi connectivity index (χ1) is 9.25. The highest BCUT2D eigenvalue weighted by atomic mass is 79.9. The average Bonchev–Trinajstić information content (AvgIpc) is 2.83. The second kappa shape index (κ2) is 5.09. The molecule has 0 radical (unpaired) electrons. The second-order valence-electron chi connectivity index (χ2n) is 4.40. The number of aromatic nitrogens is 4. The zero-order chi connectivity index (χ0) is 13.2. The van der Waals surface area contributed by atoms with Crippen molar-refractivity contribution in [2.45, 2.75) is 18.2 Å². The van der Waals surface area contributed by atoms with Crippen LogP contribution < -0.4 is 0 Å². The van der Waals surface area contributed by atoms with Gasteiger partial charge in [-0.3, -0.25) is 9.38 Å². The summed E-state index contributed by atoms with van der Waals surface area (Å²) in [5.41, 5.74) is 3.02. The third-order valence-corrected chi connectivity index (χ3v) is 3.96. The summed E-state index contributed by atoms with van der Waals surface area (Å²) in [4.78, 5) is 4.66. The Labute approximate surface area is 119 Å². The van der Waals surface area contributed by atoms with E-state index in [1.807, 2.05) is 35.7 Å². The quantitative estimate of drug-likeness (QED) is 0.697. The van der Waals surface area contributed by atoms with Gasteiger partial charge in [0.15, 0.2) is 5.65 Å². The Morgan fingerprint density at radius 1 is 1.21 bits per heavy atom. The van der Waals surface area contributed by atoms with E-state index in [-0.39, 0.29) is 4.83 Å². The lowest BCUT2D eigenvalue weighted by Crippen LogP contribution is -2.01. The van der Waals surface area contributed by atoms with Crippen LogP contribution in [0.3, 0.4) is 0 Å². The van der Waals surface area contributed by atoms with E-state index in [0.717, 1.165) is 23.6 Å². The molecule has 1 unspecified atom stereocenters. The Kier molecular flexibility index (Phi) is 3.29. The summed E-state index contributed by atoms with van der Waals surface area (Å²) in [6, 6.07) is 10.3. The van der Waals surface area contributed by atoms with Gasteiger partial charge >= 0.3 is 0 Å². The Bertz CT molecular complexity index is 693. The molecule has 2 aromatic heterocycles. The van der Waals surface area contributed by atoms with Gasteiger partial charge in [0.1, 0.15) is 5.82 Å². The maximum absolute atomic E-state index is 4.43. The van der Waals surface area contributed by atoms with Crippen LogP contribution in [0, 0.1) is 6.92 Å². The Morgan fingerprint density at radius 2 is 2.00 bits per heavy atom. The molecule has 0 fully saturated rings. The molecule has 0 amide bonds. The van der Waals surface area contributed by atoms with Crippen molar-refractivity contribution < 1.29 is 0 Å². The predicted octanol–water partition coefficient (Wildman–Crippen LogP) is 3.11. The van der Waals surface area contributed by atoms with Crippen molar-refractivity contribution in [2.75, 3.05) is 0 Å². The molecule has 5 heteroatoms. The number of benzene rings is 1. The summed E-state index contributed by atoms with van der Waals surface area (Å²) in [5.74, 6) is 0.879. The van der Waals surface area contributed by atoms with E-state index in [4.69, 9.17) is 0 Å². The average molecular weight is 317 g/mol. The van der Waals surface area contributed by atoms with Crippen LogP contribution in [0.4, 0.5) is 0 Å². The smallest absolute Gasteiger partial charge is 0.182 e. The highest BCUT2D eigenvalue weighted by Crippen LogP contribution is 2.27. The number of nitrogens with zero attached hydrogens (tertiary/aromatic N) is 4. The maximum Gasteiger partial charge on any atom is 0.182 e. The molecule has 19 heavy (non-hydrogen) atoms. The van der Waals surface area contributed by atoms with E-state index >= 15 is 0 Å². The van der Waals surface area contributed by atoms with Crippen LogP contribution in [-0.4, -0.2) is 19.6 Å². The maximum atomic E-state index is 4.43. The minimum absolute atomic E-state index is 0.226. The number of halogens is 1. The fourth-order valence-electron chi connectivity index (χ4n) is 2.09. The minimum atomic E-state index is 0.226. The zero-order valence-corrected chi connectivity index (χ0v) is 12.1. The van der Waals surface area contributed by atoms with Crippen LogP contribution in [-0.2, 0) is 6.42 Å². The van der Waals surface area contributed by atoms with Gasteiger partial charge in [-0.2, -0.15) is 0 Å². The summed E-state index contributed by atoms with van der Waals surface area (Å²) in [5, 5.41) is 8.29. The van der Waals surface area contributed by atoms with Crippen molar-refractivity contribution in [1.29, 1.82) is 0 Å². The van der Waals surface area contributed by atoms with Gasteiger partial charge in [0, 0.05) is 23.6 Å². The number of hydrogen-bond acceptors (Lipinski definition) is 3. The van der Waals surface area contributed by atoms with Crippen molar-refractivity contribution in [3.8, 4) is 0 Å². The van der Waals surface area contributed by atoms with Gasteiger partial charge in [-0.1, -0.05) is 46.3 Å². The molecular formula is C14H13BrN4. The number of alkyl halides is 1.